The van der Waals surface area contributed by atoms with E-state index in [4.69, 9.17) is 0 Å². The molecule has 0 N–H and O–H groups in total. The van der Waals surface area contributed by atoms with Crippen LogP contribution in [0.25, 0.3) is 88.4 Å². The SMILES string of the molecule is N#Cc1ccc2c(c1)c1cc(C#N)ccc1n2-c1cccc(-c2ccccc2)c1-c1cccc(-c2ccccc2)c1-n1c2ccccc2c2ccccc21. The molecule has 0 atom stereocenters. The predicted molar refractivity (Wildman–Crippen MR) is 221 cm³/mol. The van der Waals surface area contributed by atoms with Gasteiger partial charge in [0.1, 0.15) is 0 Å². The highest BCUT2D eigenvalue weighted by atomic mass is 15.0. The molecule has 2 aromatic heterocycles. The smallest absolute Gasteiger partial charge is 0.0991 e. The Morgan fingerprint density at radius 3 is 1.39 bits per heavy atom. The van der Waals surface area contributed by atoms with E-state index in [2.05, 4.69) is 167 Å². The van der Waals surface area contributed by atoms with Crippen LogP contribution >= 0.6 is 0 Å². The van der Waals surface area contributed by atoms with Gasteiger partial charge in [0.05, 0.1) is 56.7 Å². The highest BCUT2D eigenvalue weighted by molar-refractivity contribution is 6.13. The molecule has 0 aliphatic rings. The number of para-hydroxylation sites is 3. The van der Waals surface area contributed by atoms with Crippen LogP contribution in [-0.2, 0) is 0 Å². The summed E-state index contributed by atoms with van der Waals surface area (Å²) in [5.41, 5.74) is 14.0. The van der Waals surface area contributed by atoms with Crippen molar-refractivity contribution < 1.29 is 0 Å². The molecule has 4 heteroatoms. The lowest BCUT2D eigenvalue weighted by Crippen LogP contribution is -2.04. The van der Waals surface area contributed by atoms with E-state index in [0.29, 0.717) is 11.1 Å². The van der Waals surface area contributed by atoms with Crippen molar-refractivity contribution in [1.82, 2.24) is 9.13 Å². The summed E-state index contributed by atoms with van der Waals surface area (Å²) in [6.45, 7) is 0. The minimum atomic E-state index is 0.575. The fourth-order valence-corrected chi connectivity index (χ4v) is 8.29. The van der Waals surface area contributed by atoms with Crippen molar-refractivity contribution in [3.8, 4) is 56.9 Å². The third-order valence-corrected chi connectivity index (χ3v) is 10.6. The van der Waals surface area contributed by atoms with Crippen LogP contribution in [0.2, 0.25) is 0 Å². The molecule has 0 spiro atoms. The molecule has 10 aromatic rings. The maximum atomic E-state index is 9.93. The number of nitriles is 2. The second kappa shape index (κ2) is 12.5. The summed E-state index contributed by atoms with van der Waals surface area (Å²) in [5, 5.41) is 24.1. The predicted octanol–water partition coefficient (Wildman–Crippen LogP) is 12.6. The van der Waals surface area contributed by atoms with Gasteiger partial charge in [-0.05, 0) is 71.3 Å². The van der Waals surface area contributed by atoms with Gasteiger partial charge in [-0.25, -0.2) is 0 Å². The van der Waals surface area contributed by atoms with Crippen LogP contribution in [-0.4, -0.2) is 9.13 Å². The molecule has 4 nitrogen and oxygen atoms in total. The minimum Gasteiger partial charge on any atom is -0.309 e. The molecule has 0 unspecified atom stereocenters. The zero-order chi connectivity index (χ0) is 36.2. The number of fused-ring (bicyclic) bond motifs is 6. The van der Waals surface area contributed by atoms with Gasteiger partial charge in [-0.3, -0.25) is 0 Å². The van der Waals surface area contributed by atoms with E-state index in [1.165, 1.54) is 10.8 Å². The van der Waals surface area contributed by atoms with Crippen molar-refractivity contribution in [1.29, 1.82) is 10.5 Å². The average molecular weight is 687 g/mol. The van der Waals surface area contributed by atoms with Crippen LogP contribution in [0.3, 0.4) is 0 Å². The molecule has 2 heterocycles. The van der Waals surface area contributed by atoms with Crippen LogP contribution in [0, 0.1) is 22.7 Å². The van der Waals surface area contributed by atoms with E-state index in [0.717, 1.165) is 77.6 Å². The van der Waals surface area contributed by atoms with Gasteiger partial charge in [0, 0.05) is 38.2 Å². The molecule has 8 aromatic carbocycles. The third-order valence-electron chi connectivity index (χ3n) is 10.6. The Labute approximate surface area is 312 Å². The maximum absolute atomic E-state index is 9.93. The minimum absolute atomic E-state index is 0.575. The summed E-state index contributed by atoms with van der Waals surface area (Å²) in [4.78, 5) is 0. The van der Waals surface area contributed by atoms with Crippen molar-refractivity contribution in [2.45, 2.75) is 0 Å². The summed E-state index contributed by atoms with van der Waals surface area (Å²) in [6.07, 6.45) is 0. The van der Waals surface area contributed by atoms with E-state index in [1.54, 1.807) is 0 Å². The van der Waals surface area contributed by atoms with E-state index in [-0.39, 0.29) is 0 Å². The van der Waals surface area contributed by atoms with Crippen molar-refractivity contribution in [3.63, 3.8) is 0 Å². The number of rotatable bonds is 5. The maximum Gasteiger partial charge on any atom is 0.0991 e. The largest absolute Gasteiger partial charge is 0.309 e. The molecule has 0 aliphatic carbocycles. The molecule has 0 aliphatic heterocycles. The number of benzene rings is 8. The number of aromatic nitrogens is 2. The number of hydrogen-bond donors (Lipinski definition) is 0. The lowest BCUT2D eigenvalue weighted by atomic mass is 9.89. The van der Waals surface area contributed by atoms with Gasteiger partial charge in [-0.15, -0.1) is 0 Å². The third kappa shape index (κ3) is 4.76. The molecule has 0 amide bonds. The molecule has 0 fully saturated rings. The fraction of sp³-hybridized carbons (Fsp3) is 0. The van der Waals surface area contributed by atoms with Gasteiger partial charge in [-0.1, -0.05) is 127 Å². The first-order valence-electron chi connectivity index (χ1n) is 18.0. The zero-order valence-corrected chi connectivity index (χ0v) is 29.1. The molecule has 250 valence electrons. The second-order valence-electron chi connectivity index (χ2n) is 13.5. The average Bonchev–Trinajstić information content (AvgIpc) is 3.75. The topological polar surface area (TPSA) is 57.4 Å². The molecule has 0 bridgehead atoms. The van der Waals surface area contributed by atoms with E-state index in [1.807, 2.05) is 36.4 Å². The van der Waals surface area contributed by atoms with Crippen molar-refractivity contribution in [2.75, 3.05) is 0 Å². The Balaban J connectivity index is 1.41. The van der Waals surface area contributed by atoms with E-state index >= 15 is 0 Å². The zero-order valence-electron chi connectivity index (χ0n) is 29.1. The van der Waals surface area contributed by atoms with Crippen LogP contribution in [0.15, 0.2) is 182 Å². The molecule has 0 saturated heterocycles. The quantitative estimate of drug-likeness (QED) is 0.181. The van der Waals surface area contributed by atoms with Gasteiger partial charge in [-0.2, -0.15) is 10.5 Å². The standard InChI is InChI=1S/C50H30N4/c51-31-33-25-27-46-42(29-33)43-30-34(32-52)26-28-47(43)53(46)48-24-12-19-37(35-13-3-1-4-14-35)49(48)41-21-11-20-38(36-15-5-2-6-16-36)50(41)54-44-22-9-7-17-39(44)40-18-8-10-23-45(40)54/h1-30H. The Bertz CT molecular complexity index is 3050. The number of hydrogen-bond acceptors (Lipinski definition) is 2. The van der Waals surface area contributed by atoms with Gasteiger partial charge in [0.15, 0.2) is 0 Å². The summed E-state index contributed by atoms with van der Waals surface area (Å²) in [5.74, 6) is 0. The molecule has 54 heavy (non-hydrogen) atoms. The monoisotopic (exact) mass is 686 g/mol. The van der Waals surface area contributed by atoms with Crippen molar-refractivity contribution >= 4 is 43.6 Å². The van der Waals surface area contributed by atoms with Crippen LogP contribution < -0.4 is 0 Å². The van der Waals surface area contributed by atoms with E-state index < -0.39 is 0 Å². The summed E-state index contributed by atoms with van der Waals surface area (Å²) in [7, 11) is 0. The van der Waals surface area contributed by atoms with Crippen LogP contribution in [0.4, 0.5) is 0 Å². The lowest BCUT2D eigenvalue weighted by molar-refractivity contribution is 1.16. The first-order chi connectivity index (χ1) is 26.7. The Morgan fingerprint density at radius 2 is 0.815 bits per heavy atom. The summed E-state index contributed by atoms with van der Waals surface area (Å²) in [6, 6.07) is 68.1. The highest BCUT2D eigenvalue weighted by Crippen LogP contribution is 2.47. The van der Waals surface area contributed by atoms with Crippen molar-refractivity contribution in [3.05, 3.63) is 193 Å². The lowest BCUT2D eigenvalue weighted by Gasteiger charge is -2.24. The first kappa shape index (κ1) is 31.1. The molecular weight excluding hydrogens is 657 g/mol. The fourth-order valence-electron chi connectivity index (χ4n) is 8.29. The Hall–Kier alpha value is -7.66. The van der Waals surface area contributed by atoms with Gasteiger partial charge in [0.25, 0.3) is 0 Å². The van der Waals surface area contributed by atoms with Gasteiger partial charge in [0.2, 0.25) is 0 Å². The van der Waals surface area contributed by atoms with Gasteiger partial charge < -0.3 is 9.13 Å². The molecule has 0 saturated carbocycles. The van der Waals surface area contributed by atoms with E-state index in [9.17, 15) is 10.5 Å². The Morgan fingerprint density at radius 1 is 0.352 bits per heavy atom. The summed E-state index contributed by atoms with van der Waals surface area (Å²) < 4.78 is 4.75. The molecule has 10 rings (SSSR count). The second-order valence-corrected chi connectivity index (χ2v) is 13.5. The highest BCUT2D eigenvalue weighted by Gasteiger charge is 2.25. The number of nitrogens with zero attached hydrogens (tertiary/aromatic N) is 4. The van der Waals surface area contributed by atoms with Crippen molar-refractivity contribution in [2.24, 2.45) is 0 Å². The molecular formula is C50H30N4. The first-order valence-corrected chi connectivity index (χ1v) is 18.0. The normalized spacial score (nSPS) is 11.3. The van der Waals surface area contributed by atoms with Crippen LogP contribution in [0.1, 0.15) is 11.1 Å². The summed E-state index contributed by atoms with van der Waals surface area (Å²) >= 11 is 0. The molecule has 0 radical (unpaired) electrons. The Kier molecular flexibility index (Phi) is 7.22. The van der Waals surface area contributed by atoms with Crippen LogP contribution in [0.5, 0.6) is 0 Å². The van der Waals surface area contributed by atoms with Gasteiger partial charge >= 0.3 is 0 Å².